The van der Waals surface area contributed by atoms with E-state index in [4.69, 9.17) is 4.74 Å². The van der Waals surface area contributed by atoms with Crippen LogP contribution in [0, 0.1) is 5.82 Å². The lowest BCUT2D eigenvalue weighted by Gasteiger charge is -2.04. The number of halogens is 1. The molecule has 6 heteroatoms. The number of pyridine rings is 1. The van der Waals surface area contributed by atoms with Crippen molar-refractivity contribution in [3.8, 4) is 11.6 Å². The largest absolute Gasteiger partial charge is 0.439 e. The van der Waals surface area contributed by atoms with Crippen LogP contribution in [0.4, 0.5) is 4.39 Å². The molecule has 100 valence electrons. The fraction of sp³-hybridized carbons (Fsp3) is 0.0714. The van der Waals surface area contributed by atoms with Crippen molar-refractivity contribution in [1.29, 1.82) is 0 Å². The lowest BCUT2D eigenvalue weighted by Crippen LogP contribution is -2.00. The highest BCUT2D eigenvalue weighted by atomic mass is 19.1. The van der Waals surface area contributed by atoms with Crippen molar-refractivity contribution in [2.24, 2.45) is 0 Å². The van der Waals surface area contributed by atoms with Crippen LogP contribution in [-0.2, 0) is 11.3 Å². The lowest BCUT2D eigenvalue weighted by atomic mass is 10.3. The maximum atomic E-state index is 12.8. The summed E-state index contributed by atoms with van der Waals surface area (Å²) in [6.07, 6.45) is 4.00. The number of rotatable bonds is 4. The monoisotopic (exact) mass is 271 g/mol. The summed E-state index contributed by atoms with van der Waals surface area (Å²) in [6, 6.07) is 7.40. The van der Waals surface area contributed by atoms with Gasteiger partial charge < -0.3 is 9.53 Å². The van der Waals surface area contributed by atoms with Crippen LogP contribution in [0.3, 0.4) is 0 Å². The summed E-state index contributed by atoms with van der Waals surface area (Å²) in [7, 11) is 0. The Morgan fingerprint density at radius 1 is 1.25 bits per heavy atom. The van der Waals surface area contributed by atoms with Crippen molar-refractivity contribution in [3.05, 3.63) is 48.5 Å². The summed E-state index contributed by atoms with van der Waals surface area (Å²) in [4.78, 5) is 14.7. The highest BCUT2D eigenvalue weighted by Crippen LogP contribution is 2.23. The number of benzene rings is 1. The van der Waals surface area contributed by atoms with E-state index < -0.39 is 0 Å². The van der Waals surface area contributed by atoms with Crippen LogP contribution in [0.1, 0.15) is 0 Å². The predicted molar refractivity (Wildman–Crippen MR) is 70.1 cm³/mol. The first-order chi connectivity index (χ1) is 9.76. The van der Waals surface area contributed by atoms with Crippen molar-refractivity contribution in [2.45, 2.75) is 6.54 Å². The zero-order valence-corrected chi connectivity index (χ0v) is 10.4. The summed E-state index contributed by atoms with van der Waals surface area (Å²) in [6.45, 7) is 0.184. The number of carbonyl (C=O) groups excluding carboxylic acids is 1. The first kappa shape index (κ1) is 12.3. The van der Waals surface area contributed by atoms with Crippen LogP contribution in [0.5, 0.6) is 11.6 Å². The molecule has 0 atom stereocenters. The first-order valence-electron chi connectivity index (χ1n) is 5.95. The van der Waals surface area contributed by atoms with Crippen molar-refractivity contribution in [1.82, 2.24) is 14.8 Å². The van der Waals surface area contributed by atoms with Gasteiger partial charge in [0.05, 0.1) is 24.5 Å². The fourth-order valence-electron chi connectivity index (χ4n) is 1.85. The Kier molecular flexibility index (Phi) is 3.12. The van der Waals surface area contributed by atoms with Gasteiger partial charge in [-0.15, -0.1) is 0 Å². The fourth-order valence-corrected chi connectivity index (χ4v) is 1.85. The van der Waals surface area contributed by atoms with Crippen LogP contribution < -0.4 is 4.74 Å². The first-order valence-corrected chi connectivity index (χ1v) is 5.95. The lowest BCUT2D eigenvalue weighted by molar-refractivity contribution is -0.108. The molecule has 0 radical (unpaired) electrons. The van der Waals surface area contributed by atoms with Crippen LogP contribution in [0.2, 0.25) is 0 Å². The smallest absolute Gasteiger partial charge is 0.219 e. The SMILES string of the molecule is O=CCn1ncc2cc(Oc3ccc(F)cc3)ncc21. The molecule has 0 aliphatic heterocycles. The summed E-state index contributed by atoms with van der Waals surface area (Å²) in [5, 5.41) is 4.90. The average Bonchev–Trinajstić information content (AvgIpc) is 2.85. The van der Waals surface area contributed by atoms with Crippen LogP contribution in [0.15, 0.2) is 42.7 Å². The maximum absolute atomic E-state index is 12.8. The highest BCUT2D eigenvalue weighted by molar-refractivity contribution is 5.79. The minimum atomic E-state index is -0.323. The van der Waals surface area contributed by atoms with Gasteiger partial charge in [0.15, 0.2) is 0 Å². The molecule has 0 aliphatic rings. The predicted octanol–water partition coefficient (Wildman–Crippen LogP) is 2.56. The molecule has 5 nitrogen and oxygen atoms in total. The molecular formula is C14H10FN3O2. The summed E-state index contributed by atoms with van der Waals surface area (Å²) in [5.74, 6) is 0.559. The number of fused-ring (bicyclic) bond motifs is 1. The van der Waals surface area contributed by atoms with Gasteiger partial charge in [-0.25, -0.2) is 9.37 Å². The second-order valence-electron chi connectivity index (χ2n) is 4.13. The molecule has 0 fully saturated rings. The standard InChI is InChI=1S/C14H10FN3O2/c15-11-1-3-12(4-2-11)20-14-7-10-8-17-18(5-6-19)13(10)9-16-14/h1-4,6-9H,5H2. The van der Waals surface area contributed by atoms with E-state index in [0.29, 0.717) is 11.6 Å². The molecular weight excluding hydrogens is 261 g/mol. The molecule has 0 unspecified atom stereocenters. The second kappa shape index (κ2) is 5.08. The molecule has 2 aromatic heterocycles. The van der Waals surface area contributed by atoms with Gasteiger partial charge in [0.2, 0.25) is 5.88 Å². The summed E-state index contributed by atoms with van der Waals surface area (Å²) >= 11 is 0. The van der Waals surface area contributed by atoms with Gasteiger partial charge in [0.1, 0.15) is 17.9 Å². The molecule has 0 bridgehead atoms. The molecule has 2 heterocycles. The van der Waals surface area contributed by atoms with E-state index >= 15 is 0 Å². The topological polar surface area (TPSA) is 57.0 Å². The van der Waals surface area contributed by atoms with E-state index in [2.05, 4.69) is 10.1 Å². The zero-order chi connectivity index (χ0) is 13.9. The van der Waals surface area contributed by atoms with E-state index in [1.54, 1.807) is 23.1 Å². The van der Waals surface area contributed by atoms with E-state index in [1.165, 1.54) is 24.3 Å². The van der Waals surface area contributed by atoms with Crippen molar-refractivity contribution >= 4 is 17.2 Å². The Bertz CT molecular complexity index is 753. The quantitative estimate of drug-likeness (QED) is 0.684. The third kappa shape index (κ3) is 2.35. The average molecular weight is 271 g/mol. The number of nitrogens with zero attached hydrogens (tertiary/aromatic N) is 3. The third-order valence-corrected chi connectivity index (χ3v) is 2.79. The van der Waals surface area contributed by atoms with Gasteiger partial charge in [0, 0.05) is 11.5 Å². The number of aldehydes is 1. The molecule has 1 aromatic carbocycles. The van der Waals surface area contributed by atoms with Crippen LogP contribution >= 0.6 is 0 Å². The normalized spacial score (nSPS) is 10.7. The van der Waals surface area contributed by atoms with Gasteiger partial charge in [-0.2, -0.15) is 5.10 Å². The minimum absolute atomic E-state index is 0.184. The Balaban J connectivity index is 1.89. The molecule has 0 saturated carbocycles. The molecule has 0 saturated heterocycles. The van der Waals surface area contributed by atoms with E-state index in [-0.39, 0.29) is 12.4 Å². The maximum Gasteiger partial charge on any atom is 0.219 e. The summed E-state index contributed by atoms with van der Waals surface area (Å²) < 4.78 is 19.9. The van der Waals surface area contributed by atoms with Crippen molar-refractivity contribution in [2.75, 3.05) is 0 Å². The molecule has 0 aliphatic carbocycles. The molecule has 3 aromatic rings. The molecule has 0 N–H and O–H groups in total. The van der Waals surface area contributed by atoms with Crippen molar-refractivity contribution < 1.29 is 13.9 Å². The molecule has 0 amide bonds. The van der Waals surface area contributed by atoms with Gasteiger partial charge in [-0.1, -0.05) is 0 Å². The Morgan fingerprint density at radius 2 is 2.05 bits per heavy atom. The number of carbonyl (C=O) groups is 1. The number of ether oxygens (including phenoxy) is 1. The Labute approximate surface area is 113 Å². The minimum Gasteiger partial charge on any atom is -0.439 e. The van der Waals surface area contributed by atoms with Crippen molar-refractivity contribution in [3.63, 3.8) is 0 Å². The van der Waals surface area contributed by atoms with Crippen LogP contribution in [-0.4, -0.2) is 21.1 Å². The molecule has 0 spiro atoms. The van der Waals surface area contributed by atoms with Gasteiger partial charge in [0.25, 0.3) is 0 Å². The second-order valence-corrected chi connectivity index (χ2v) is 4.13. The molecule has 20 heavy (non-hydrogen) atoms. The van der Waals surface area contributed by atoms with E-state index in [9.17, 15) is 9.18 Å². The molecule has 3 rings (SSSR count). The highest BCUT2D eigenvalue weighted by Gasteiger charge is 2.06. The number of aromatic nitrogens is 3. The van der Waals surface area contributed by atoms with E-state index in [0.717, 1.165) is 17.2 Å². The van der Waals surface area contributed by atoms with E-state index in [1.807, 2.05) is 0 Å². The number of hydrogen-bond donors (Lipinski definition) is 0. The zero-order valence-electron chi connectivity index (χ0n) is 10.4. The Hall–Kier alpha value is -2.76. The third-order valence-electron chi connectivity index (χ3n) is 2.79. The number of hydrogen-bond acceptors (Lipinski definition) is 4. The van der Waals surface area contributed by atoms with Gasteiger partial charge in [-0.05, 0) is 24.3 Å². The van der Waals surface area contributed by atoms with Gasteiger partial charge in [-0.3, -0.25) is 4.68 Å². The van der Waals surface area contributed by atoms with Crippen LogP contribution in [0.25, 0.3) is 10.9 Å². The summed E-state index contributed by atoms with van der Waals surface area (Å²) in [5.41, 5.74) is 0.753. The Morgan fingerprint density at radius 3 is 2.80 bits per heavy atom. The van der Waals surface area contributed by atoms with Gasteiger partial charge >= 0.3 is 0 Å².